The smallest absolute Gasteiger partial charge is 0.131 e. The van der Waals surface area contributed by atoms with Gasteiger partial charge in [-0.05, 0) is 47.9 Å². The summed E-state index contributed by atoms with van der Waals surface area (Å²) in [7, 11) is 0. The van der Waals surface area contributed by atoms with Gasteiger partial charge in [-0.15, -0.1) is 0 Å². The van der Waals surface area contributed by atoms with E-state index >= 15 is 0 Å². The molecule has 0 radical (unpaired) electrons. The van der Waals surface area contributed by atoms with E-state index < -0.39 is 0 Å². The van der Waals surface area contributed by atoms with E-state index in [1.165, 1.54) is 17.5 Å². The zero-order valence-electron chi connectivity index (χ0n) is 10.6. The highest BCUT2D eigenvalue weighted by atomic mass is 19.1. The molecule has 0 saturated heterocycles. The van der Waals surface area contributed by atoms with Crippen LogP contribution in [0.25, 0.3) is 11.1 Å². The maximum atomic E-state index is 13.9. The van der Waals surface area contributed by atoms with Crippen molar-refractivity contribution < 1.29 is 4.39 Å². The monoisotopic (exact) mass is 240 g/mol. The van der Waals surface area contributed by atoms with E-state index in [0.717, 1.165) is 29.9 Å². The van der Waals surface area contributed by atoms with Crippen LogP contribution in [0, 0.1) is 11.7 Å². The summed E-state index contributed by atoms with van der Waals surface area (Å²) in [6.45, 7) is 2.29. The van der Waals surface area contributed by atoms with Crippen LogP contribution in [-0.2, 0) is 12.8 Å². The average Bonchev–Trinajstić information content (AvgIpc) is 2.38. The highest BCUT2D eigenvalue weighted by Gasteiger charge is 2.19. The topological polar surface area (TPSA) is 0 Å². The lowest BCUT2D eigenvalue weighted by molar-refractivity contribution is 0.501. The van der Waals surface area contributed by atoms with Crippen molar-refractivity contribution in [2.45, 2.75) is 26.2 Å². The van der Waals surface area contributed by atoms with E-state index in [4.69, 9.17) is 0 Å². The van der Waals surface area contributed by atoms with Gasteiger partial charge in [-0.25, -0.2) is 4.39 Å². The Hall–Kier alpha value is -1.63. The third-order valence-corrected chi connectivity index (χ3v) is 3.89. The van der Waals surface area contributed by atoms with Gasteiger partial charge in [0.05, 0.1) is 0 Å². The molecule has 1 unspecified atom stereocenters. The van der Waals surface area contributed by atoms with Crippen LogP contribution in [0.2, 0.25) is 0 Å². The summed E-state index contributed by atoms with van der Waals surface area (Å²) in [5.41, 5.74) is 4.57. The lowest BCUT2D eigenvalue weighted by Gasteiger charge is -2.24. The molecule has 0 aliphatic heterocycles. The fourth-order valence-corrected chi connectivity index (χ4v) is 2.92. The lowest BCUT2D eigenvalue weighted by atomic mass is 9.81. The number of benzene rings is 2. The molecule has 1 aliphatic carbocycles. The Morgan fingerprint density at radius 1 is 1.00 bits per heavy atom. The van der Waals surface area contributed by atoms with Crippen LogP contribution in [0.5, 0.6) is 0 Å². The van der Waals surface area contributed by atoms with Gasteiger partial charge >= 0.3 is 0 Å². The van der Waals surface area contributed by atoms with Crippen molar-refractivity contribution in [3.63, 3.8) is 0 Å². The van der Waals surface area contributed by atoms with E-state index in [1.54, 1.807) is 12.1 Å². The highest BCUT2D eigenvalue weighted by molar-refractivity contribution is 5.69. The molecule has 0 aromatic heterocycles. The van der Waals surface area contributed by atoms with Crippen LogP contribution in [0.15, 0.2) is 42.5 Å². The van der Waals surface area contributed by atoms with E-state index in [2.05, 4.69) is 19.1 Å². The normalized spacial score (nSPS) is 18.4. The summed E-state index contributed by atoms with van der Waals surface area (Å²) >= 11 is 0. The number of fused-ring (bicyclic) bond motifs is 1. The minimum absolute atomic E-state index is 0.121. The number of halogens is 1. The largest absolute Gasteiger partial charge is 0.206 e. The molecule has 3 rings (SSSR count). The van der Waals surface area contributed by atoms with Gasteiger partial charge in [0.15, 0.2) is 0 Å². The maximum Gasteiger partial charge on any atom is 0.131 e. The number of hydrogen-bond acceptors (Lipinski definition) is 0. The van der Waals surface area contributed by atoms with Crippen LogP contribution in [0.4, 0.5) is 4.39 Å². The summed E-state index contributed by atoms with van der Waals surface area (Å²) < 4.78 is 13.9. The molecule has 0 bridgehead atoms. The molecule has 2 aromatic rings. The molecule has 0 heterocycles. The summed E-state index contributed by atoms with van der Waals surface area (Å²) in [5, 5.41) is 0. The predicted molar refractivity (Wildman–Crippen MR) is 73.0 cm³/mol. The first kappa shape index (κ1) is 11.5. The van der Waals surface area contributed by atoms with Gasteiger partial charge in [0.1, 0.15) is 5.82 Å². The maximum absolute atomic E-state index is 13.9. The number of hydrogen-bond donors (Lipinski definition) is 0. The average molecular weight is 240 g/mol. The molecule has 0 amide bonds. The van der Waals surface area contributed by atoms with E-state index in [0.29, 0.717) is 0 Å². The van der Waals surface area contributed by atoms with Crippen LogP contribution >= 0.6 is 0 Å². The van der Waals surface area contributed by atoms with Crippen molar-refractivity contribution >= 4 is 0 Å². The lowest BCUT2D eigenvalue weighted by Crippen LogP contribution is -2.12. The van der Waals surface area contributed by atoms with Gasteiger partial charge in [-0.1, -0.05) is 43.3 Å². The molecule has 0 spiro atoms. The van der Waals surface area contributed by atoms with Crippen molar-refractivity contribution in [3.05, 3.63) is 59.4 Å². The molecule has 2 aromatic carbocycles. The summed E-state index contributed by atoms with van der Waals surface area (Å²) in [6.07, 6.45) is 3.40. The van der Waals surface area contributed by atoms with Gasteiger partial charge in [-0.3, -0.25) is 0 Å². The predicted octanol–water partition coefficient (Wildman–Crippen LogP) is 4.62. The van der Waals surface area contributed by atoms with Crippen molar-refractivity contribution in [2.24, 2.45) is 5.92 Å². The van der Waals surface area contributed by atoms with Crippen molar-refractivity contribution in [1.82, 2.24) is 0 Å². The fourth-order valence-electron chi connectivity index (χ4n) is 2.92. The zero-order valence-corrected chi connectivity index (χ0v) is 10.6. The Morgan fingerprint density at radius 3 is 2.61 bits per heavy atom. The first-order valence-corrected chi connectivity index (χ1v) is 6.61. The van der Waals surface area contributed by atoms with Crippen LogP contribution in [0.1, 0.15) is 24.5 Å². The molecule has 1 atom stereocenters. The zero-order chi connectivity index (χ0) is 12.5. The van der Waals surface area contributed by atoms with E-state index in [9.17, 15) is 4.39 Å². The third-order valence-electron chi connectivity index (χ3n) is 3.89. The van der Waals surface area contributed by atoms with Crippen molar-refractivity contribution in [3.8, 4) is 11.1 Å². The first-order valence-electron chi connectivity index (χ1n) is 6.61. The molecule has 0 N–H and O–H groups in total. The SMILES string of the molecule is CC1CCc2c(cccc2-c2ccccc2F)C1. The van der Waals surface area contributed by atoms with Gasteiger partial charge in [0, 0.05) is 5.56 Å². The Bertz CT molecular complexity index is 572. The van der Waals surface area contributed by atoms with Gasteiger partial charge < -0.3 is 0 Å². The summed E-state index contributed by atoms with van der Waals surface area (Å²) in [6, 6.07) is 13.4. The standard InChI is InChI=1S/C17H17F/c1-12-9-10-14-13(11-12)5-4-7-15(14)16-6-2-3-8-17(16)18/h2-8,12H,9-11H2,1H3. The van der Waals surface area contributed by atoms with Gasteiger partial charge in [-0.2, -0.15) is 0 Å². The Morgan fingerprint density at radius 2 is 1.78 bits per heavy atom. The van der Waals surface area contributed by atoms with Gasteiger partial charge in [0.2, 0.25) is 0 Å². The van der Waals surface area contributed by atoms with Crippen LogP contribution in [-0.4, -0.2) is 0 Å². The molecule has 0 nitrogen and oxygen atoms in total. The molecule has 1 heteroatoms. The van der Waals surface area contributed by atoms with Crippen molar-refractivity contribution in [1.29, 1.82) is 0 Å². The van der Waals surface area contributed by atoms with Crippen LogP contribution in [0.3, 0.4) is 0 Å². The second-order valence-electron chi connectivity index (χ2n) is 5.27. The van der Waals surface area contributed by atoms with Crippen molar-refractivity contribution in [2.75, 3.05) is 0 Å². The molecule has 1 aliphatic rings. The quantitative estimate of drug-likeness (QED) is 0.682. The summed E-state index contributed by atoms with van der Waals surface area (Å²) in [5.74, 6) is 0.623. The summed E-state index contributed by atoms with van der Waals surface area (Å²) in [4.78, 5) is 0. The molecule has 92 valence electrons. The Kier molecular flexibility index (Phi) is 2.91. The molecule has 18 heavy (non-hydrogen) atoms. The fraction of sp³-hybridized carbons (Fsp3) is 0.294. The van der Waals surface area contributed by atoms with Crippen LogP contribution < -0.4 is 0 Å². The molecular formula is C17H17F. The molecule has 0 saturated carbocycles. The second-order valence-corrected chi connectivity index (χ2v) is 5.27. The second kappa shape index (κ2) is 4.56. The minimum Gasteiger partial charge on any atom is -0.206 e. The first-order chi connectivity index (χ1) is 8.75. The Labute approximate surface area is 107 Å². The Balaban J connectivity index is 2.14. The molecule has 0 fully saturated rings. The van der Waals surface area contributed by atoms with E-state index in [-0.39, 0.29) is 5.82 Å². The number of rotatable bonds is 1. The highest BCUT2D eigenvalue weighted by Crippen LogP contribution is 2.34. The minimum atomic E-state index is -0.121. The molecular weight excluding hydrogens is 223 g/mol. The third kappa shape index (κ3) is 1.94. The van der Waals surface area contributed by atoms with Gasteiger partial charge in [0.25, 0.3) is 0 Å². The van der Waals surface area contributed by atoms with E-state index in [1.807, 2.05) is 18.2 Å².